The van der Waals surface area contributed by atoms with Crippen LogP contribution in [0.4, 0.5) is 5.69 Å². The zero-order valence-corrected chi connectivity index (χ0v) is 11.6. The molecule has 0 saturated carbocycles. The lowest BCUT2D eigenvalue weighted by Crippen LogP contribution is -2.52. The fourth-order valence-corrected chi connectivity index (χ4v) is 1.94. The second-order valence-electron chi connectivity index (χ2n) is 4.39. The van der Waals surface area contributed by atoms with Crippen molar-refractivity contribution < 1.29 is 9.59 Å². The van der Waals surface area contributed by atoms with Crippen molar-refractivity contribution in [2.45, 2.75) is 5.50 Å². The van der Waals surface area contributed by atoms with Crippen LogP contribution in [0.15, 0.2) is 29.8 Å². The van der Waals surface area contributed by atoms with E-state index in [9.17, 15) is 9.59 Å². The van der Waals surface area contributed by atoms with Crippen molar-refractivity contribution in [3.63, 3.8) is 0 Å². The molecule has 2 rings (SSSR count). The first-order valence-electron chi connectivity index (χ1n) is 5.76. The number of hydrogen-bond acceptors (Lipinski definition) is 4. The lowest BCUT2D eigenvalue weighted by molar-refractivity contribution is -0.126. The van der Waals surface area contributed by atoms with Gasteiger partial charge < -0.3 is 15.5 Å². The number of amides is 2. The van der Waals surface area contributed by atoms with Gasteiger partial charge in [-0.25, -0.2) is 0 Å². The van der Waals surface area contributed by atoms with Gasteiger partial charge in [0.1, 0.15) is 11.1 Å². The Morgan fingerprint density at radius 3 is 2.11 bits per heavy atom. The summed E-state index contributed by atoms with van der Waals surface area (Å²) in [5.74, 6) is -0.833. The zero-order chi connectivity index (χ0) is 14.0. The number of nitrogens with zero attached hydrogens (tertiary/aromatic N) is 1. The van der Waals surface area contributed by atoms with Crippen molar-refractivity contribution in [2.24, 2.45) is 0 Å². The molecule has 0 spiro atoms. The molecule has 1 aromatic rings. The van der Waals surface area contributed by atoms with E-state index in [0.29, 0.717) is 0 Å². The van der Waals surface area contributed by atoms with E-state index in [1.165, 1.54) is 0 Å². The fraction of sp³-hybridized carbons (Fsp3) is 0.231. The number of carbonyl (C=O) groups is 2. The summed E-state index contributed by atoms with van der Waals surface area (Å²) in [4.78, 5) is 25.4. The molecule has 100 valence electrons. The number of benzene rings is 1. The lowest BCUT2D eigenvalue weighted by atomic mass is 10.1. The molecule has 19 heavy (non-hydrogen) atoms. The zero-order valence-electron chi connectivity index (χ0n) is 10.7. The van der Waals surface area contributed by atoms with Gasteiger partial charge in [-0.05, 0) is 23.8 Å². The molecule has 6 heteroatoms. The highest BCUT2D eigenvalue weighted by molar-refractivity contribution is 7.80. The van der Waals surface area contributed by atoms with Crippen LogP contribution in [0.1, 0.15) is 5.56 Å². The minimum Gasteiger partial charge on any atom is -0.378 e. The van der Waals surface area contributed by atoms with E-state index < -0.39 is 17.3 Å². The summed E-state index contributed by atoms with van der Waals surface area (Å²) in [6, 6.07) is 7.56. The molecular formula is C13H15N3O2S. The minimum absolute atomic E-state index is 0.0860. The Morgan fingerprint density at radius 2 is 1.63 bits per heavy atom. The Morgan fingerprint density at radius 1 is 1.11 bits per heavy atom. The molecule has 5 nitrogen and oxygen atoms in total. The predicted molar refractivity (Wildman–Crippen MR) is 77.8 cm³/mol. The van der Waals surface area contributed by atoms with Gasteiger partial charge in [0.25, 0.3) is 11.8 Å². The summed E-state index contributed by atoms with van der Waals surface area (Å²) in [5, 5.41) is 5.05. The highest BCUT2D eigenvalue weighted by atomic mass is 32.1. The number of anilines is 1. The van der Waals surface area contributed by atoms with E-state index in [1.54, 1.807) is 6.08 Å². The van der Waals surface area contributed by atoms with Gasteiger partial charge in [-0.2, -0.15) is 0 Å². The minimum atomic E-state index is -0.631. The Hall–Kier alpha value is -1.95. The van der Waals surface area contributed by atoms with Crippen LogP contribution in [0.5, 0.6) is 0 Å². The molecule has 0 bridgehead atoms. The monoisotopic (exact) mass is 277 g/mol. The summed E-state index contributed by atoms with van der Waals surface area (Å²) in [6.07, 6.45) is 1.56. The third-order valence-electron chi connectivity index (χ3n) is 2.75. The predicted octanol–water partition coefficient (Wildman–Crippen LogP) is 0.595. The van der Waals surface area contributed by atoms with Crippen LogP contribution in [0.2, 0.25) is 0 Å². The van der Waals surface area contributed by atoms with E-state index in [1.807, 2.05) is 43.3 Å². The maximum atomic E-state index is 11.7. The Balaban J connectivity index is 2.25. The van der Waals surface area contributed by atoms with Gasteiger partial charge in [0.15, 0.2) is 0 Å². The molecule has 1 saturated heterocycles. The first-order chi connectivity index (χ1) is 8.97. The second kappa shape index (κ2) is 5.36. The summed E-state index contributed by atoms with van der Waals surface area (Å²) >= 11 is 3.99. The van der Waals surface area contributed by atoms with Crippen LogP contribution in [-0.4, -0.2) is 31.4 Å². The maximum Gasteiger partial charge on any atom is 0.259 e. The molecular weight excluding hydrogens is 262 g/mol. The van der Waals surface area contributed by atoms with Crippen LogP contribution in [0.25, 0.3) is 6.08 Å². The van der Waals surface area contributed by atoms with Crippen LogP contribution in [0.3, 0.4) is 0 Å². The van der Waals surface area contributed by atoms with Crippen LogP contribution < -0.4 is 15.5 Å². The van der Waals surface area contributed by atoms with Crippen molar-refractivity contribution in [2.75, 3.05) is 19.0 Å². The number of rotatable bonds is 2. The highest BCUT2D eigenvalue weighted by Crippen LogP contribution is 2.16. The average Bonchev–Trinajstić information content (AvgIpc) is 2.34. The van der Waals surface area contributed by atoms with E-state index in [4.69, 9.17) is 0 Å². The van der Waals surface area contributed by atoms with Gasteiger partial charge in [-0.1, -0.05) is 12.1 Å². The van der Waals surface area contributed by atoms with Gasteiger partial charge >= 0.3 is 0 Å². The number of hydrogen-bond donors (Lipinski definition) is 3. The summed E-state index contributed by atoms with van der Waals surface area (Å²) in [7, 11) is 3.89. The molecule has 0 aromatic heterocycles. The van der Waals surface area contributed by atoms with Gasteiger partial charge in [0, 0.05) is 19.8 Å². The molecule has 1 aromatic carbocycles. The largest absolute Gasteiger partial charge is 0.378 e. The third kappa shape index (κ3) is 3.08. The van der Waals surface area contributed by atoms with Gasteiger partial charge in [-0.3, -0.25) is 9.59 Å². The molecule has 0 atom stereocenters. The number of carbonyl (C=O) groups excluding carboxylic acids is 2. The van der Waals surface area contributed by atoms with E-state index in [2.05, 4.69) is 23.3 Å². The molecule has 1 aliphatic rings. The molecule has 0 aliphatic carbocycles. The first-order valence-corrected chi connectivity index (χ1v) is 6.28. The number of thiol groups is 1. The first kappa shape index (κ1) is 13.5. The highest BCUT2D eigenvalue weighted by Gasteiger charge is 2.26. The topological polar surface area (TPSA) is 61.4 Å². The summed E-state index contributed by atoms with van der Waals surface area (Å²) in [6.45, 7) is 0. The van der Waals surface area contributed by atoms with Crippen LogP contribution in [0, 0.1) is 0 Å². The third-order valence-corrected chi connectivity index (χ3v) is 3.00. The maximum absolute atomic E-state index is 11.7. The number of nitrogens with one attached hydrogen (secondary N) is 2. The molecule has 2 N–H and O–H groups in total. The normalized spacial score (nSPS) is 18.7. The molecule has 0 unspecified atom stereocenters. The Labute approximate surface area is 117 Å². The molecule has 0 radical (unpaired) electrons. The summed E-state index contributed by atoms with van der Waals surface area (Å²) < 4.78 is 0. The van der Waals surface area contributed by atoms with Crippen molar-refractivity contribution >= 4 is 36.2 Å². The lowest BCUT2D eigenvalue weighted by Gasteiger charge is -2.21. The van der Waals surface area contributed by atoms with E-state index in [-0.39, 0.29) is 5.57 Å². The van der Waals surface area contributed by atoms with Gasteiger partial charge in [-0.15, -0.1) is 12.6 Å². The standard InChI is InChI=1S/C13H15N3O2S/c1-16(2)9-5-3-8(4-6-9)7-10-11(17)14-13(19)15-12(10)18/h3-7,13,19H,1-2H3,(H,14,17)(H,15,18). The van der Waals surface area contributed by atoms with Gasteiger partial charge in [0.05, 0.1) is 0 Å². The van der Waals surface area contributed by atoms with E-state index >= 15 is 0 Å². The molecule has 1 aliphatic heterocycles. The molecule has 1 fully saturated rings. The quantitative estimate of drug-likeness (QED) is 0.421. The van der Waals surface area contributed by atoms with Crippen LogP contribution >= 0.6 is 12.6 Å². The van der Waals surface area contributed by atoms with E-state index in [0.717, 1.165) is 11.3 Å². The SMILES string of the molecule is CN(C)c1ccc(C=C2C(=O)NC(S)NC2=O)cc1. The Kier molecular flexibility index (Phi) is 3.80. The van der Waals surface area contributed by atoms with Crippen molar-refractivity contribution in [1.82, 2.24) is 10.6 Å². The van der Waals surface area contributed by atoms with Crippen molar-refractivity contribution in [3.05, 3.63) is 35.4 Å². The summed E-state index contributed by atoms with van der Waals surface area (Å²) in [5.41, 5.74) is 1.30. The van der Waals surface area contributed by atoms with Crippen molar-refractivity contribution in [1.29, 1.82) is 0 Å². The Bertz CT molecular complexity index is 517. The van der Waals surface area contributed by atoms with Crippen molar-refractivity contribution in [3.8, 4) is 0 Å². The average molecular weight is 277 g/mol. The van der Waals surface area contributed by atoms with Crippen LogP contribution in [-0.2, 0) is 9.59 Å². The second-order valence-corrected chi connectivity index (χ2v) is 4.91. The van der Waals surface area contributed by atoms with Gasteiger partial charge in [0.2, 0.25) is 0 Å². The molecule has 1 heterocycles. The smallest absolute Gasteiger partial charge is 0.259 e. The fourth-order valence-electron chi connectivity index (χ4n) is 1.71. The molecule has 2 amide bonds.